The number of hydrogen-bond acceptors (Lipinski definition) is 5. The number of likely N-dealkylation sites (N-methyl/N-ethyl adjacent to an activating group) is 1. The van der Waals surface area contributed by atoms with Crippen LogP contribution in [0.5, 0.6) is 11.5 Å². The van der Waals surface area contributed by atoms with E-state index in [4.69, 9.17) is 14.2 Å². The molecule has 0 spiro atoms. The Hall–Kier alpha value is -2.57. The van der Waals surface area contributed by atoms with Crippen LogP contribution in [0.2, 0.25) is 0 Å². The predicted octanol–water partition coefficient (Wildman–Crippen LogP) is 3.04. The molecule has 2 aromatic rings. The highest BCUT2D eigenvalue weighted by atomic mass is 16.5. The van der Waals surface area contributed by atoms with Crippen molar-refractivity contribution in [3.05, 3.63) is 59.2 Å². The van der Waals surface area contributed by atoms with Crippen molar-refractivity contribution in [2.24, 2.45) is 0 Å². The van der Waals surface area contributed by atoms with Crippen LogP contribution in [0.1, 0.15) is 34.3 Å². The molecule has 0 aliphatic carbocycles. The summed E-state index contributed by atoms with van der Waals surface area (Å²) in [5.74, 6) is 1.64. The van der Waals surface area contributed by atoms with Gasteiger partial charge in [-0.1, -0.05) is 12.1 Å². The van der Waals surface area contributed by atoms with E-state index in [9.17, 15) is 4.79 Å². The number of carbonyl (C=O) groups excluding carboxylic acids is 1. The SMILES string of the molecule is CN(CCOc1cccc(CNC(=O)c2ccc3c(c2)CCO3)c1)C1CCOCC1. The van der Waals surface area contributed by atoms with E-state index < -0.39 is 0 Å². The molecule has 2 heterocycles. The number of carbonyl (C=O) groups is 1. The van der Waals surface area contributed by atoms with Gasteiger partial charge in [0.1, 0.15) is 18.1 Å². The maximum absolute atomic E-state index is 12.5. The van der Waals surface area contributed by atoms with Crippen molar-refractivity contribution in [1.82, 2.24) is 10.2 Å². The molecule has 0 atom stereocenters. The number of ether oxygens (including phenoxy) is 3. The summed E-state index contributed by atoms with van der Waals surface area (Å²) in [7, 11) is 2.15. The zero-order valence-electron chi connectivity index (χ0n) is 17.6. The lowest BCUT2D eigenvalue weighted by Crippen LogP contribution is -2.38. The second-order valence-electron chi connectivity index (χ2n) is 7.92. The van der Waals surface area contributed by atoms with Crippen LogP contribution >= 0.6 is 0 Å². The maximum Gasteiger partial charge on any atom is 0.251 e. The quantitative estimate of drug-likeness (QED) is 0.725. The Bertz CT molecular complexity index is 864. The summed E-state index contributed by atoms with van der Waals surface area (Å²) in [4.78, 5) is 14.9. The van der Waals surface area contributed by atoms with E-state index >= 15 is 0 Å². The molecule has 0 saturated carbocycles. The van der Waals surface area contributed by atoms with Gasteiger partial charge in [-0.25, -0.2) is 0 Å². The van der Waals surface area contributed by atoms with Gasteiger partial charge < -0.3 is 19.5 Å². The summed E-state index contributed by atoms with van der Waals surface area (Å²) in [5.41, 5.74) is 2.79. The lowest BCUT2D eigenvalue weighted by molar-refractivity contribution is 0.0392. The summed E-state index contributed by atoms with van der Waals surface area (Å²) >= 11 is 0. The number of fused-ring (bicyclic) bond motifs is 1. The lowest BCUT2D eigenvalue weighted by atomic mass is 10.1. The maximum atomic E-state index is 12.5. The molecular weight excluding hydrogens is 380 g/mol. The Morgan fingerprint density at radius 1 is 1.17 bits per heavy atom. The van der Waals surface area contributed by atoms with Crippen molar-refractivity contribution in [2.45, 2.75) is 31.8 Å². The van der Waals surface area contributed by atoms with E-state index in [1.807, 2.05) is 42.5 Å². The van der Waals surface area contributed by atoms with Crippen molar-refractivity contribution < 1.29 is 19.0 Å². The number of hydrogen-bond donors (Lipinski definition) is 1. The minimum absolute atomic E-state index is 0.0749. The zero-order chi connectivity index (χ0) is 20.8. The summed E-state index contributed by atoms with van der Waals surface area (Å²) < 4.78 is 16.9. The fraction of sp³-hybridized carbons (Fsp3) is 0.458. The molecule has 2 aromatic carbocycles. The normalized spacial score (nSPS) is 16.2. The highest BCUT2D eigenvalue weighted by molar-refractivity contribution is 5.94. The second-order valence-corrected chi connectivity index (χ2v) is 7.92. The van der Waals surface area contributed by atoms with Gasteiger partial charge in [0.25, 0.3) is 5.91 Å². The first kappa shape index (κ1) is 20.7. The van der Waals surface area contributed by atoms with Gasteiger partial charge in [0.15, 0.2) is 0 Å². The summed E-state index contributed by atoms with van der Waals surface area (Å²) in [5, 5.41) is 3.00. The summed E-state index contributed by atoms with van der Waals surface area (Å²) in [6.45, 7) is 4.38. The van der Waals surface area contributed by atoms with Crippen LogP contribution in [0.4, 0.5) is 0 Å². The molecule has 1 saturated heterocycles. The number of nitrogens with zero attached hydrogens (tertiary/aromatic N) is 1. The molecule has 6 nitrogen and oxygen atoms in total. The summed E-state index contributed by atoms with van der Waals surface area (Å²) in [6, 6.07) is 14.1. The van der Waals surface area contributed by atoms with Gasteiger partial charge in [0.05, 0.1) is 6.61 Å². The molecule has 6 heteroatoms. The Labute approximate surface area is 178 Å². The molecule has 2 aliphatic heterocycles. The molecule has 2 aliphatic rings. The van der Waals surface area contributed by atoms with Crippen molar-refractivity contribution in [1.29, 1.82) is 0 Å². The van der Waals surface area contributed by atoms with Gasteiger partial charge in [-0.05, 0) is 61.3 Å². The smallest absolute Gasteiger partial charge is 0.251 e. The van der Waals surface area contributed by atoms with E-state index in [0.717, 1.165) is 61.6 Å². The standard InChI is InChI=1S/C24H30N2O4/c1-26(21-8-11-28-12-9-21)10-14-29-22-4-2-3-18(15-22)17-25-24(27)20-5-6-23-19(16-20)7-13-30-23/h2-6,15-16,21H,7-14,17H2,1H3,(H,25,27). The molecular formula is C24H30N2O4. The molecule has 4 rings (SSSR count). The van der Waals surface area contributed by atoms with Crippen molar-refractivity contribution in [3.63, 3.8) is 0 Å². The highest BCUT2D eigenvalue weighted by Crippen LogP contribution is 2.25. The van der Waals surface area contributed by atoms with Crippen molar-refractivity contribution in [2.75, 3.05) is 40.0 Å². The third-order valence-electron chi connectivity index (χ3n) is 5.83. The van der Waals surface area contributed by atoms with Gasteiger partial charge in [-0.15, -0.1) is 0 Å². The van der Waals surface area contributed by atoms with Crippen LogP contribution in [0.15, 0.2) is 42.5 Å². The predicted molar refractivity (Wildman–Crippen MR) is 115 cm³/mol. The highest BCUT2D eigenvalue weighted by Gasteiger charge is 2.18. The lowest BCUT2D eigenvalue weighted by Gasteiger charge is -2.31. The van der Waals surface area contributed by atoms with E-state index in [2.05, 4.69) is 17.3 Å². The van der Waals surface area contributed by atoms with Crippen LogP contribution in [-0.4, -0.2) is 56.9 Å². The number of amides is 1. The molecule has 0 bridgehead atoms. The molecule has 30 heavy (non-hydrogen) atoms. The van der Waals surface area contributed by atoms with Gasteiger partial charge in [-0.3, -0.25) is 9.69 Å². The molecule has 1 fully saturated rings. The van der Waals surface area contributed by atoms with Gasteiger partial charge in [0, 0.05) is 44.3 Å². The topological polar surface area (TPSA) is 60.0 Å². The third-order valence-corrected chi connectivity index (χ3v) is 5.83. The Balaban J connectivity index is 1.24. The first-order valence-electron chi connectivity index (χ1n) is 10.7. The van der Waals surface area contributed by atoms with E-state index in [-0.39, 0.29) is 5.91 Å². The van der Waals surface area contributed by atoms with Gasteiger partial charge >= 0.3 is 0 Å². The van der Waals surface area contributed by atoms with Crippen LogP contribution in [0, 0.1) is 0 Å². The number of nitrogens with one attached hydrogen (secondary N) is 1. The van der Waals surface area contributed by atoms with Gasteiger partial charge in [0.2, 0.25) is 0 Å². The summed E-state index contributed by atoms with van der Waals surface area (Å²) in [6.07, 6.45) is 3.03. The number of benzene rings is 2. The minimum Gasteiger partial charge on any atom is -0.493 e. The Morgan fingerprint density at radius 2 is 2.03 bits per heavy atom. The fourth-order valence-electron chi connectivity index (χ4n) is 3.97. The molecule has 160 valence electrons. The Kier molecular flexibility index (Phi) is 6.87. The molecule has 1 amide bonds. The average molecular weight is 411 g/mol. The monoisotopic (exact) mass is 410 g/mol. The largest absolute Gasteiger partial charge is 0.493 e. The van der Waals surface area contributed by atoms with E-state index in [0.29, 0.717) is 31.4 Å². The zero-order valence-corrected chi connectivity index (χ0v) is 17.6. The average Bonchev–Trinajstić information content (AvgIpc) is 3.26. The molecule has 0 unspecified atom stereocenters. The third kappa shape index (κ3) is 5.32. The first-order valence-corrected chi connectivity index (χ1v) is 10.7. The van der Waals surface area contributed by atoms with Crippen molar-refractivity contribution >= 4 is 5.91 Å². The van der Waals surface area contributed by atoms with Crippen LogP contribution in [0.25, 0.3) is 0 Å². The van der Waals surface area contributed by atoms with Crippen molar-refractivity contribution in [3.8, 4) is 11.5 Å². The number of rotatable bonds is 8. The second kappa shape index (κ2) is 9.96. The van der Waals surface area contributed by atoms with Gasteiger partial charge in [-0.2, -0.15) is 0 Å². The fourth-order valence-corrected chi connectivity index (χ4v) is 3.97. The van der Waals surface area contributed by atoms with E-state index in [1.54, 1.807) is 0 Å². The van der Waals surface area contributed by atoms with E-state index in [1.165, 1.54) is 0 Å². The minimum atomic E-state index is -0.0749. The Morgan fingerprint density at radius 3 is 2.90 bits per heavy atom. The van der Waals surface area contributed by atoms with Crippen LogP contribution in [-0.2, 0) is 17.7 Å². The molecule has 0 aromatic heterocycles. The first-order chi connectivity index (χ1) is 14.7. The molecule has 0 radical (unpaired) electrons. The van der Waals surface area contributed by atoms with Crippen LogP contribution < -0.4 is 14.8 Å². The molecule has 1 N–H and O–H groups in total. The van der Waals surface area contributed by atoms with Crippen LogP contribution in [0.3, 0.4) is 0 Å².